The van der Waals surface area contributed by atoms with E-state index in [9.17, 15) is 9.18 Å². The molecule has 0 radical (unpaired) electrons. The fourth-order valence-corrected chi connectivity index (χ4v) is 5.47. The summed E-state index contributed by atoms with van der Waals surface area (Å²) in [6, 6.07) is 0.107. The van der Waals surface area contributed by atoms with Gasteiger partial charge >= 0.3 is 6.08 Å². The summed E-state index contributed by atoms with van der Waals surface area (Å²) >= 11 is 1.58. The number of carbonyl (C=O) groups excluding carboxylic acids is 1. The maximum atomic E-state index is 13.6. The minimum atomic E-state index is -0.854. The fraction of sp³-hybridized carbons (Fsp3) is 0.526. The van der Waals surface area contributed by atoms with Crippen LogP contribution in [0.25, 0.3) is 11.2 Å². The third-order valence-corrected chi connectivity index (χ3v) is 7.03. The van der Waals surface area contributed by atoms with Crippen LogP contribution in [-0.4, -0.2) is 48.9 Å². The lowest BCUT2D eigenvalue weighted by molar-refractivity contribution is -0.120. The number of thiazole rings is 1. The molecule has 4 heterocycles. The second-order valence-corrected chi connectivity index (χ2v) is 9.16. The molecule has 5 rings (SSSR count). The van der Waals surface area contributed by atoms with Gasteiger partial charge in [-0.3, -0.25) is 4.79 Å². The highest BCUT2D eigenvalue weighted by Gasteiger charge is 2.29. The second kappa shape index (κ2) is 7.55. The van der Waals surface area contributed by atoms with Crippen LogP contribution < -0.4 is 11.1 Å². The molecule has 0 aromatic carbocycles. The van der Waals surface area contributed by atoms with Crippen molar-refractivity contribution in [3.63, 3.8) is 0 Å². The van der Waals surface area contributed by atoms with Crippen LogP contribution in [0.5, 0.6) is 0 Å². The van der Waals surface area contributed by atoms with Crippen LogP contribution in [-0.2, 0) is 17.8 Å². The SMILES string of the molecule is CN1CCc2nc(NC(=O)C3CCC(n4cnc5c(N)nc(F)nc54)CC3)sc2C1. The lowest BCUT2D eigenvalue weighted by atomic mass is 9.85. The van der Waals surface area contributed by atoms with Gasteiger partial charge in [-0.25, -0.2) is 9.97 Å². The molecular weight excluding hydrogens is 407 g/mol. The van der Waals surface area contributed by atoms with E-state index in [0.717, 1.165) is 50.9 Å². The molecule has 3 aromatic heterocycles. The number of nitrogens with one attached hydrogen (secondary N) is 1. The Balaban J connectivity index is 1.24. The number of anilines is 2. The zero-order valence-corrected chi connectivity index (χ0v) is 17.5. The molecular formula is C19H23FN8OS. The van der Waals surface area contributed by atoms with E-state index in [1.807, 2.05) is 4.57 Å². The molecule has 9 nitrogen and oxygen atoms in total. The quantitative estimate of drug-likeness (QED) is 0.613. The Morgan fingerprint density at radius 1 is 1.27 bits per heavy atom. The number of aromatic nitrogens is 5. The number of nitrogens with two attached hydrogens (primary N) is 1. The lowest BCUT2D eigenvalue weighted by Gasteiger charge is -2.28. The summed E-state index contributed by atoms with van der Waals surface area (Å²) in [4.78, 5) is 32.5. The van der Waals surface area contributed by atoms with E-state index in [1.165, 1.54) is 4.88 Å². The van der Waals surface area contributed by atoms with Gasteiger partial charge in [-0.2, -0.15) is 14.4 Å². The molecule has 3 aromatic rings. The third-order valence-electron chi connectivity index (χ3n) is 6.03. The average molecular weight is 431 g/mol. The lowest BCUT2D eigenvalue weighted by Crippen LogP contribution is -2.28. The third kappa shape index (κ3) is 3.52. The standard InChI is InChI=1S/C19H23FN8OS/c1-27-7-6-12-13(8-27)30-19(23-12)26-17(29)10-2-4-11(5-3-10)28-9-22-14-15(21)24-18(20)25-16(14)28/h9-11H,2-8H2,1H3,(H2,21,24,25)(H,23,26,29). The zero-order valence-electron chi connectivity index (χ0n) is 16.6. The minimum Gasteiger partial charge on any atom is -0.382 e. The van der Waals surface area contributed by atoms with Crippen LogP contribution in [0.3, 0.4) is 0 Å². The van der Waals surface area contributed by atoms with E-state index in [2.05, 4.69) is 37.2 Å². The Hall–Kier alpha value is -2.66. The molecule has 0 unspecified atom stereocenters. The van der Waals surface area contributed by atoms with Gasteiger partial charge in [-0.05, 0) is 32.7 Å². The molecule has 1 saturated carbocycles. The number of likely N-dealkylation sites (N-methyl/N-ethyl adjacent to an activating group) is 1. The van der Waals surface area contributed by atoms with Crippen LogP contribution in [0.1, 0.15) is 42.3 Å². The van der Waals surface area contributed by atoms with Crippen molar-refractivity contribution in [3.8, 4) is 0 Å². The summed E-state index contributed by atoms with van der Waals surface area (Å²) in [5.74, 6) is 0.0127. The van der Waals surface area contributed by atoms with Gasteiger partial charge in [0.25, 0.3) is 0 Å². The Morgan fingerprint density at radius 3 is 2.87 bits per heavy atom. The first-order valence-electron chi connectivity index (χ1n) is 10.1. The summed E-state index contributed by atoms with van der Waals surface area (Å²) in [6.07, 6.45) is 4.77. The molecule has 0 bridgehead atoms. The zero-order chi connectivity index (χ0) is 20.8. The van der Waals surface area contributed by atoms with E-state index in [-0.39, 0.29) is 23.7 Å². The highest BCUT2D eigenvalue weighted by Crippen LogP contribution is 2.35. The van der Waals surface area contributed by atoms with Crippen molar-refractivity contribution >= 4 is 39.4 Å². The normalized spacial score (nSPS) is 22.2. The Kier molecular flexibility index (Phi) is 4.86. The molecule has 1 aliphatic heterocycles. The molecule has 3 N–H and O–H groups in total. The Labute approximate surface area is 176 Å². The molecule has 11 heteroatoms. The summed E-state index contributed by atoms with van der Waals surface area (Å²) < 4.78 is 15.5. The van der Waals surface area contributed by atoms with Crippen molar-refractivity contribution in [2.24, 2.45) is 5.92 Å². The predicted molar refractivity (Wildman–Crippen MR) is 111 cm³/mol. The number of nitrogens with zero attached hydrogens (tertiary/aromatic N) is 6. The first-order valence-corrected chi connectivity index (χ1v) is 10.9. The summed E-state index contributed by atoms with van der Waals surface area (Å²) in [5, 5.41) is 3.72. The van der Waals surface area contributed by atoms with E-state index < -0.39 is 6.08 Å². The van der Waals surface area contributed by atoms with Gasteiger partial charge in [0, 0.05) is 36.3 Å². The summed E-state index contributed by atoms with van der Waals surface area (Å²) in [7, 11) is 2.09. The fourth-order valence-electron chi connectivity index (χ4n) is 4.38. The summed E-state index contributed by atoms with van der Waals surface area (Å²) in [6.45, 7) is 1.89. The topological polar surface area (TPSA) is 115 Å². The van der Waals surface area contributed by atoms with E-state index in [0.29, 0.717) is 16.3 Å². The van der Waals surface area contributed by atoms with Crippen LogP contribution in [0.2, 0.25) is 0 Å². The van der Waals surface area contributed by atoms with Crippen LogP contribution in [0, 0.1) is 12.0 Å². The van der Waals surface area contributed by atoms with Gasteiger partial charge in [0.2, 0.25) is 5.91 Å². The number of amides is 1. The van der Waals surface area contributed by atoms with Crippen molar-refractivity contribution in [2.45, 2.75) is 44.7 Å². The molecule has 0 spiro atoms. The minimum absolute atomic E-state index is 0.0287. The molecule has 158 valence electrons. The largest absolute Gasteiger partial charge is 0.382 e. The highest BCUT2D eigenvalue weighted by molar-refractivity contribution is 7.15. The van der Waals surface area contributed by atoms with Crippen LogP contribution >= 0.6 is 11.3 Å². The van der Waals surface area contributed by atoms with Gasteiger partial charge in [-0.15, -0.1) is 11.3 Å². The number of hydrogen-bond acceptors (Lipinski definition) is 8. The second-order valence-electron chi connectivity index (χ2n) is 8.07. The van der Waals surface area contributed by atoms with Gasteiger partial charge in [0.1, 0.15) is 5.52 Å². The number of fused-ring (bicyclic) bond motifs is 2. The van der Waals surface area contributed by atoms with Crippen LogP contribution in [0.15, 0.2) is 6.33 Å². The first-order chi connectivity index (χ1) is 14.5. The molecule has 30 heavy (non-hydrogen) atoms. The van der Waals surface area contributed by atoms with Crippen molar-refractivity contribution in [2.75, 3.05) is 24.6 Å². The van der Waals surface area contributed by atoms with E-state index in [4.69, 9.17) is 5.73 Å². The highest BCUT2D eigenvalue weighted by atomic mass is 32.1. The van der Waals surface area contributed by atoms with Crippen molar-refractivity contribution < 1.29 is 9.18 Å². The van der Waals surface area contributed by atoms with E-state index >= 15 is 0 Å². The number of halogens is 1. The monoisotopic (exact) mass is 430 g/mol. The van der Waals surface area contributed by atoms with E-state index in [1.54, 1.807) is 17.7 Å². The van der Waals surface area contributed by atoms with Gasteiger partial charge < -0.3 is 20.5 Å². The number of carbonyl (C=O) groups is 1. The maximum absolute atomic E-state index is 13.6. The molecule has 1 fully saturated rings. The maximum Gasteiger partial charge on any atom is 0.312 e. The van der Waals surface area contributed by atoms with Crippen molar-refractivity contribution in [1.29, 1.82) is 0 Å². The predicted octanol–water partition coefficient (Wildman–Crippen LogP) is 2.36. The number of hydrogen-bond donors (Lipinski definition) is 2. The van der Waals surface area contributed by atoms with Crippen LogP contribution in [0.4, 0.5) is 15.3 Å². The molecule has 1 aliphatic carbocycles. The first kappa shape index (κ1) is 19.3. The van der Waals surface area contributed by atoms with Gasteiger partial charge in [0.15, 0.2) is 16.6 Å². The van der Waals surface area contributed by atoms with Crippen molar-refractivity contribution in [1.82, 2.24) is 29.4 Å². The molecule has 2 aliphatic rings. The number of nitrogen functional groups attached to an aromatic ring is 1. The Bertz CT molecular complexity index is 1100. The van der Waals surface area contributed by atoms with Crippen molar-refractivity contribution in [3.05, 3.63) is 23.0 Å². The molecule has 1 amide bonds. The Morgan fingerprint density at radius 2 is 2.07 bits per heavy atom. The average Bonchev–Trinajstić information content (AvgIpc) is 3.31. The smallest absolute Gasteiger partial charge is 0.312 e. The van der Waals surface area contributed by atoms with Gasteiger partial charge in [0.05, 0.1) is 12.0 Å². The van der Waals surface area contributed by atoms with Gasteiger partial charge in [-0.1, -0.05) is 0 Å². The number of rotatable bonds is 3. The number of imidazole rings is 1. The molecule has 0 saturated heterocycles. The molecule has 0 atom stereocenters. The summed E-state index contributed by atoms with van der Waals surface area (Å²) in [5.41, 5.74) is 7.68.